The topological polar surface area (TPSA) is 34.2 Å². The van der Waals surface area contributed by atoms with Crippen molar-refractivity contribution in [1.29, 1.82) is 0 Å². The Balaban J connectivity index is 2.28. The molecule has 0 atom stereocenters. The van der Waals surface area contributed by atoms with Gasteiger partial charge in [0.2, 0.25) is 5.88 Å². The van der Waals surface area contributed by atoms with Crippen LogP contribution in [0.2, 0.25) is 5.02 Å². The van der Waals surface area contributed by atoms with Crippen molar-refractivity contribution in [3.05, 3.63) is 51.3 Å². The molecule has 2 rings (SSSR count). The summed E-state index contributed by atoms with van der Waals surface area (Å²) in [5.74, 6) is -0.0404. The number of benzene rings is 1. The molecular weight excluding hydrogens is 335 g/mol. The molecule has 3 nitrogen and oxygen atoms in total. The van der Waals surface area contributed by atoms with E-state index in [4.69, 9.17) is 16.3 Å². The Morgan fingerprint density at radius 2 is 2.16 bits per heavy atom. The Bertz CT molecular complexity index is 595. The van der Waals surface area contributed by atoms with E-state index in [1.807, 2.05) is 0 Å². The second-order valence-electron chi connectivity index (χ2n) is 3.79. The number of nitrogens with one attached hydrogen (secondary N) is 1. The third-order valence-corrected chi connectivity index (χ3v) is 3.18. The summed E-state index contributed by atoms with van der Waals surface area (Å²) < 4.78 is 19.7. The summed E-state index contributed by atoms with van der Waals surface area (Å²) >= 11 is 9.26. The van der Waals surface area contributed by atoms with Crippen LogP contribution in [0.25, 0.3) is 0 Å². The first-order chi connectivity index (χ1) is 9.10. The van der Waals surface area contributed by atoms with Crippen molar-refractivity contribution in [2.45, 2.75) is 6.54 Å². The number of aromatic nitrogens is 1. The molecule has 0 spiro atoms. The minimum atomic E-state index is -0.449. The van der Waals surface area contributed by atoms with Crippen LogP contribution in [-0.2, 0) is 6.54 Å². The summed E-state index contributed by atoms with van der Waals surface area (Å²) in [5.41, 5.74) is 0.650. The number of nitrogens with zero attached hydrogens (tertiary/aromatic N) is 1. The van der Waals surface area contributed by atoms with E-state index in [-0.39, 0.29) is 5.75 Å². The van der Waals surface area contributed by atoms with Crippen LogP contribution in [0, 0.1) is 5.82 Å². The molecule has 0 radical (unpaired) electrons. The van der Waals surface area contributed by atoms with Gasteiger partial charge in [0.1, 0.15) is 0 Å². The van der Waals surface area contributed by atoms with E-state index in [9.17, 15) is 4.39 Å². The van der Waals surface area contributed by atoms with Gasteiger partial charge in [-0.2, -0.15) is 0 Å². The Morgan fingerprint density at radius 3 is 2.89 bits per heavy atom. The highest BCUT2D eigenvalue weighted by Gasteiger charge is 2.09. The lowest BCUT2D eigenvalue weighted by Crippen LogP contribution is -2.08. The number of hydrogen-bond donors (Lipinski definition) is 1. The lowest BCUT2D eigenvalue weighted by Gasteiger charge is -2.09. The van der Waals surface area contributed by atoms with Gasteiger partial charge in [-0.05, 0) is 31.3 Å². The molecule has 0 fully saturated rings. The van der Waals surface area contributed by atoms with E-state index in [1.54, 1.807) is 31.3 Å². The van der Waals surface area contributed by atoms with Gasteiger partial charge >= 0.3 is 0 Å². The summed E-state index contributed by atoms with van der Waals surface area (Å²) in [6.45, 7) is 0.511. The zero-order valence-corrected chi connectivity index (χ0v) is 12.4. The molecule has 0 saturated carbocycles. The van der Waals surface area contributed by atoms with Crippen molar-refractivity contribution in [2.75, 3.05) is 7.05 Å². The normalized spacial score (nSPS) is 10.5. The SMILES string of the molecule is CNCc1nc(Oc2cc(Br)ccc2F)ccc1Cl. The van der Waals surface area contributed by atoms with Crippen molar-refractivity contribution >= 4 is 27.5 Å². The Labute approximate surface area is 123 Å². The second-order valence-corrected chi connectivity index (χ2v) is 5.11. The van der Waals surface area contributed by atoms with Crippen LogP contribution in [0.4, 0.5) is 4.39 Å². The van der Waals surface area contributed by atoms with Crippen LogP contribution in [0.3, 0.4) is 0 Å². The Kier molecular flexibility index (Phi) is 4.74. The van der Waals surface area contributed by atoms with Crippen LogP contribution >= 0.6 is 27.5 Å². The standard InChI is InChI=1S/C13H11BrClFN2O/c1-17-7-11-9(15)3-5-13(18-11)19-12-6-8(14)2-4-10(12)16/h2-6,17H,7H2,1H3. The summed E-state index contributed by atoms with van der Waals surface area (Å²) in [6, 6.07) is 7.74. The maximum absolute atomic E-state index is 13.6. The maximum Gasteiger partial charge on any atom is 0.219 e. The van der Waals surface area contributed by atoms with Gasteiger partial charge in [-0.15, -0.1) is 0 Å². The van der Waals surface area contributed by atoms with E-state index < -0.39 is 5.82 Å². The average Bonchev–Trinajstić information content (AvgIpc) is 2.38. The number of halogens is 3. The highest BCUT2D eigenvalue weighted by molar-refractivity contribution is 9.10. The first-order valence-electron chi connectivity index (χ1n) is 5.53. The van der Waals surface area contributed by atoms with E-state index in [2.05, 4.69) is 26.2 Å². The molecule has 6 heteroatoms. The molecule has 2 aromatic rings. The van der Waals surface area contributed by atoms with E-state index in [0.717, 1.165) is 4.47 Å². The monoisotopic (exact) mass is 344 g/mol. The molecule has 1 heterocycles. The van der Waals surface area contributed by atoms with Crippen LogP contribution in [0.5, 0.6) is 11.6 Å². The van der Waals surface area contributed by atoms with E-state index >= 15 is 0 Å². The van der Waals surface area contributed by atoms with Gasteiger partial charge < -0.3 is 10.1 Å². The summed E-state index contributed by atoms with van der Waals surface area (Å²) in [4.78, 5) is 4.23. The minimum Gasteiger partial charge on any atom is -0.436 e. The van der Waals surface area contributed by atoms with Gasteiger partial charge in [0.25, 0.3) is 0 Å². The first kappa shape index (κ1) is 14.2. The zero-order chi connectivity index (χ0) is 13.8. The maximum atomic E-state index is 13.6. The lowest BCUT2D eigenvalue weighted by atomic mass is 10.3. The molecule has 0 amide bonds. The highest BCUT2D eigenvalue weighted by Crippen LogP contribution is 2.27. The second kappa shape index (κ2) is 6.32. The molecule has 1 N–H and O–H groups in total. The molecule has 0 aliphatic heterocycles. The third-order valence-electron chi connectivity index (χ3n) is 2.35. The van der Waals surface area contributed by atoms with Crippen molar-refractivity contribution in [3.63, 3.8) is 0 Å². The molecule has 0 aliphatic carbocycles. The van der Waals surface area contributed by atoms with Gasteiger partial charge in [-0.1, -0.05) is 27.5 Å². The third kappa shape index (κ3) is 3.65. The van der Waals surface area contributed by atoms with E-state index in [0.29, 0.717) is 23.1 Å². The van der Waals surface area contributed by atoms with E-state index in [1.165, 1.54) is 6.07 Å². The largest absolute Gasteiger partial charge is 0.436 e. The summed E-state index contributed by atoms with van der Waals surface area (Å²) in [6.07, 6.45) is 0. The van der Waals surface area contributed by atoms with Crippen molar-refractivity contribution < 1.29 is 9.13 Å². The fourth-order valence-electron chi connectivity index (χ4n) is 1.48. The fraction of sp³-hybridized carbons (Fsp3) is 0.154. The van der Waals surface area contributed by atoms with Gasteiger partial charge in [-0.25, -0.2) is 9.37 Å². The molecule has 0 aliphatic rings. The van der Waals surface area contributed by atoms with Gasteiger partial charge in [0.05, 0.1) is 10.7 Å². The average molecular weight is 346 g/mol. The van der Waals surface area contributed by atoms with Crippen molar-refractivity contribution in [3.8, 4) is 11.6 Å². The Hall–Kier alpha value is -1.17. The van der Waals surface area contributed by atoms with Gasteiger partial charge in [-0.3, -0.25) is 0 Å². The fourth-order valence-corrected chi connectivity index (χ4v) is 1.99. The lowest BCUT2D eigenvalue weighted by molar-refractivity contribution is 0.425. The predicted octanol–water partition coefficient (Wildman–Crippen LogP) is 4.15. The summed E-state index contributed by atoms with van der Waals surface area (Å²) in [7, 11) is 1.79. The number of pyridine rings is 1. The van der Waals surface area contributed by atoms with Crippen LogP contribution in [-0.4, -0.2) is 12.0 Å². The van der Waals surface area contributed by atoms with Crippen molar-refractivity contribution in [1.82, 2.24) is 10.3 Å². The molecule has 0 saturated heterocycles. The predicted molar refractivity (Wildman–Crippen MR) is 76.2 cm³/mol. The quantitative estimate of drug-likeness (QED) is 0.904. The number of rotatable bonds is 4. The zero-order valence-electron chi connectivity index (χ0n) is 10.1. The van der Waals surface area contributed by atoms with Gasteiger partial charge in [0.15, 0.2) is 11.6 Å². The van der Waals surface area contributed by atoms with Crippen molar-refractivity contribution in [2.24, 2.45) is 0 Å². The first-order valence-corrected chi connectivity index (χ1v) is 6.70. The number of hydrogen-bond acceptors (Lipinski definition) is 3. The molecule has 0 unspecified atom stereocenters. The Morgan fingerprint density at radius 1 is 1.37 bits per heavy atom. The van der Waals surface area contributed by atoms with Crippen LogP contribution in [0.15, 0.2) is 34.8 Å². The molecule has 19 heavy (non-hydrogen) atoms. The van der Waals surface area contributed by atoms with Gasteiger partial charge in [0, 0.05) is 17.1 Å². The highest BCUT2D eigenvalue weighted by atomic mass is 79.9. The molecule has 0 bridgehead atoms. The molecule has 100 valence electrons. The summed E-state index contributed by atoms with van der Waals surface area (Å²) in [5, 5.41) is 3.49. The number of ether oxygens (including phenoxy) is 1. The molecule has 1 aromatic heterocycles. The van der Waals surface area contributed by atoms with Crippen LogP contribution < -0.4 is 10.1 Å². The molecular formula is C13H11BrClFN2O. The smallest absolute Gasteiger partial charge is 0.219 e. The minimum absolute atomic E-state index is 0.111. The molecule has 1 aromatic carbocycles. The van der Waals surface area contributed by atoms with Crippen LogP contribution in [0.1, 0.15) is 5.69 Å².